The van der Waals surface area contributed by atoms with E-state index < -0.39 is 0 Å². The molecule has 25 heavy (non-hydrogen) atoms. The first-order valence-electron chi connectivity index (χ1n) is 7.38. The maximum absolute atomic E-state index is 12.9. The van der Waals surface area contributed by atoms with Crippen molar-refractivity contribution < 1.29 is 4.74 Å². The van der Waals surface area contributed by atoms with Crippen LogP contribution in [0, 0.1) is 0 Å². The van der Waals surface area contributed by atoms with Crippen LogP contribution in [-0.4, -0.2) is 32.9 Å². The number of methoxy groups -OCH3 is 1. The summed E-state index contributed by atoms with van der Waals surface area (Å²) in [6, 6.07) is 5.09. The highest BCUT2D eigenvalue weighted by molar-refractivity contribution is 7.98. The lowest BCUT2D eigenvalue weighted by Gasteiger charge is -2.12. The van der Waals surface area contributed by atoms with Crippen molar-refractivity contribution in [1.82, 2.24) is 19.1 Å². The zero-order valence-corrected chi connectivity index (χ0v) is 16.4. The molecule has 0 bridgehead atoms. The van der Waals surface area contributed by atoms with E-state index in [0.717, 1.165) is 11.5 Å². The molecule has 2 aromatic heterocycles. The van der Waals surface area contributed by atoms with Crippen LogP contribution in [0.2, 0.25) is 9.36 Å². The van der Waals surface area contributed by atoms with Crippen molar-refractivity contribution in [2.45, 2.75) is 23.9 Å². The van der Waals surface area contributed by atoms with Crippen molar-refractivity contribution in [2.75, 3.05) is 13.7 Å². The maximum atomic E-state index is 12.9. The smallest absolute Gasteiger partial charge is 0.262 e. The van der Waals surface area contributed by atoms with Crippen molar-refractivity contribution in [3.05, 3.63) is 43.6 Å². The number of nitrogens with zero attached hydrogens (tertiary/aromatic N) is 4. The van der Waals surface area contributed by atoms with Gasteiger partial charge in [-0.3, -0.25) is 9.36 Å². The minimum Gasteiger partial charge on any atom is -0.385 e. The molecule has 3 rings (SSSR count). The first kappa shape index (κ1) is 18.6. The van der Waals surface area contributed by atoms with Gasteiger partial charge in [0.1, 0.15) is 10.0 Å². The Kier molecular flexibility index (Phi) is 6.29. The topological polar surface area (TPSA) is 69.9 Å². The minimum absolute atomic E-state index is 0.0947. The quantitative estimate of drug-likeness (QED) is 0.330. The van der Waals surface area contributed by atoms with Crippen LogP contribution in [0.25, 0.3) is 10.9 Å². The van der Waals surface area contributed by atoms with Crippen molar-refractivity contribution in [3.8, 4) is 0 Å². The fourth-order valence-electron chi connectivity index (χ4n) is 2.26. The van der Waals surface area contributed by atoms with E-state index in [1.54, 1.807) is 29.9 Å². The number of thioether (sulfide) groups is 1. The minimum atomic E-state index is -0.0947. The zero-order valence-electron chi connectivity index (χ0n) is 13.2. The summed E-state index contributed by atoms with van der Waals surface area (Å²) in [6.07, 6.45) is 0.712. The highest BCUT2D eigenvalue weighted by Gasteiger charge is 2.14. The van der Waals surface area contributed by atoms with E-state index in [2.05, 4.69) is 14.6 Å². The molecular formula is C15H14Cl2N4O2S2. The first-order chi connectivity index (χ1) is 12.1. The predicted molar refractivity (Wildman–Crippen MR) is 102 cm³/mol. The van der Waals surface area contributed by atoms with Crippen molar-refractivity contribution in [2.24, 2.45) is 0 Å². The third-order valence-electron chi connectivity index (χ3n) is 3.46. The van der Waals surface area contributed by atoms with Crippen LogP contribution in [0.3, 0.4) is 0 Å². The van der Waals surface area contributed by atoms with Crippen molar-refractivity contribution in [3.63, 3.8) is 0 Å². The van der Waals surface area contributed by atoms with Crippen LogP contribution in [0.5, 0.6) is 0 Å². The Morgan fingerprint density at radius 2 is 2.20 bits per heavy atom. The van der Waals surface area contributed by atoms with Crippen LogP contribution in [0.15, 0.2) is 28.2 Å². The van der Waals surface area contributed by atoms with E-state index in [9.17, 15) is 4.79 Å². The van der Waals surface area contributed by atoms with E-state index in [4.69, 9.17) is 27.9 Å². The van der Waals surface area contributed by atoms with Gasteiger partial charge in [-0.15, -0.1) is 5.10 Å². The Morgan fingerprint density at radius 1 is 1.36 bits per heavy atom. The van der Waals surface area contributed by atoms with Gasteiger partial charge in [0.2, 0.25) is 0 Å². The molecule has 0 saturated heterocycles. The van der Waals surface area contributed by atoms with E-state index in [1.165, 1.54) is 11.8 Å². The average Bonchev–Trinajstić information content (AvgIpc) is 3.00. The Balaban J connectivity index is 1.98. The van der Waals surface area contributed by atoms with Crippen LogP contribution in [0.4, 0.5) is 0 Å². The van der Waals surface area contributed by atoms with Gasteiger partial charge in [-0.1, -0.05) is 39.5 Å². The fourth-order valence-corrected chi connectivity index (χ4v) is 4.19. The summed E-state index contributed by atoms with van der Waals surface area (Å²) in [5.74, 6) is 0.484. The monoisotopic (exact) mass is 416 g/mol. The second kappa shape index (κ2) is 8.46. The molecule has 0 radical (unpaired) electrons. The van der Waals surface area contributed by atoms with Gasteiger partial charge in [0.15, 0.2) is 5.16 Å². The number of hydrogen-bond donors (Lipinski definition) is 0. The van der Waals surface area contributed by atoms with Crippen LogP contribution in [-0.2, 0) is 17.0 Å². The molecule has 0 N–H and O–H groups in total. The van der Waals surface area contributed by atoms with Gasteiger partial charge in [0.05, 0.1) is 10.9 Å². The highest BCUT2D eigenvalue weighted by Crippen LogP contribution is 2.27. The van der Waals surface area contributed by atoms with Crippen molar-refractivity contribution in [1.29, 1.82) is 0 Å². The van der Waals surface area contributed by atoms with Crippen molar-refractivity contribution >= 4 is 57.4 Å². The lowest BCUT2D eigenvalue weighted by molar-refractivity contribution is 0.189. The Labute approximate surface area is 162 Å². The standard InChI is InChI=1S/C15H14Cl2N4O2S2/c1-23-6-2-5-21-14(22)10-4-3-9(16)7-11(10)18-15(21)24-8-12-13(17)25-20-19-12/h3-4,7H,2,5-6,8H2,1H3. The largest absolute Gasteiger partial charge is 0.385 e. The summed E-state index contributed by atoms with van der Waals surface area (Å²) < 4.78 is 11.1. The number of fused-ring (bicyclic) bond motifs is 1. The van der Waals surface area contributed by atoms with Crippen LogP contribution >= 0.6 is 46.5 Å². The number of halogens is 2. The lowest BCUT2D eigenvalue weighted by Crippen LogP contribution is -2.24. The SMILES string of the molecule is COCCCn1c(SCc2nnsc2Cl)nc2cc(Cl)ccc2c1=O. The fraction of sp³-hybridized carbons (Fsp3) is 0.333. The molecule has 0 spiro atoms. The lowest BCUT2D eigenvalue weighted by atomic mass is 10.2. The molecule has 0 aliphatic rings. The van der Waals surface area contributed by atoms with Crippen LogP contribution in [0.1, 0.15) is 12.1 Å². The second-order valence-corrected chi connectivity index (χ2v) is 7.88. The highest BCUT2D eigenvalue weighted by atomic mass is 35.5. The number of hydrogen-bond acceptors (Lipinski definition) is 7. The van der Waals surface area contributed by atoms with Gasteiger partial charge in [0, 0.05) is 42.6 Å². The summed E-state index contributed by atoms with van der Waals surface area (Å²) in [7, 11) is 1.64. The molecule has 0 amide bonds. The molecule has 0 aliphatic carbocycles. The summed E-state index contributed by atoms with van der Waals surface area (Å²) in [5, 5.41) is 5.67. The molecule has 3 aromatic rings. The molecule has 0 unspecified atom stereocenters. The first-order valence-corrected chi connectivity index (χ1v) is 9.90. The molecule has 0 saturated carbocycles. The third-order valence-corrected chi connectivity index (χ3v) is 5.67. The van der Waals surface area contributed by atoms with Gasteiger partial charge in [-0.2, -0.15) is 0 Å². The normalized spacial score (nSPS) is 11.3. The number of ether oxygens (including phenoxy) is 1. The third kappa shape index (κ3) is 4.32. The average molecular weight is 417 g/mol. The zero-order chi connectivity index (χ0) is 17.8. The molecule has 0 aliphatic heterocycles. The summed E-state index contributed by atoms with van der Waals surface area (Å²) in [6.45, 7) is 1.08. The van der Waals surface area contributed by atoms with Gasteiger partial charge < -0.3 is 4.74 Å². The molecule has 10 heteroatoms. The number of benzene rings is 1. The second-order valence-electron chi connectivity index (χ2n) is 5.14. The predicted octanol–water partition coefficient (Wildman–Crippen LogP) is 3.88. The number of aromatic nitrogens is 4. The van der Waals surface area contributed by atoms with Gasteiger partial charge in [-0.25, -0.2) is 4.98 Å². The molecule has 1 aromatic carbocycles. The van der Waals surface area contributed by atoms with E-state index in [-0.39, 0.29) is 5.56 Å². The number of rotatable bonds is 7. The Bertz CT molecular complexity index is 945. The Hall–Kier alpha value is -1.19. The van der Waals surface area contributed by atoms with Gasteiger partial charge >= 0.3 is 0 Å². The van der Waals surface area contributed by atoms with Gasteiger partial charge in [0.25, 0.3) is 5.56 Å². The molecule has 6 nitrogen and oxygen atoms in total. The molecular weight excluding hydrogens is 403 g/mol. The maximum Gasteiger partial charge on any atom is 0.262 e. The van der Waals surface area contributed by atoms with Crippen LogP contribution < -0.4 is 5.56 Å². The molecule has 0 fully saturated rings. The Morgan fingerprint density at radius 3 is 2.92 bits per heavy atom. The summed E-state index contributed by atoms with van der Waals surface area (Å²) in [4.78, 5) is 17.5. The summed E-state index contributed by atoms with van der Waals surface area (Å²) in [5.41, 5.74) is 1.16. The molecule has 2 heterocycles. The summed E-state index contributed by atoms with van der Waals surface area (Å²) >= 11 is 14.6. The van der Waals surface area contributed by atoms with E-state index in [1.807, 2.05) is 0 Å². The molecule has 132 valence electrons. The van der Waals surface area contributed by atoms with Gasteiger partial charge in [-0.05, 0) is 24.6 Å². The van der Waals surface area contributed by atoms with E-state index >= 15 is 0 Å². The molecule has 0 atom stereocenters. The van der Waals surface area contributed by atoms with E-state index in [0.29, 0.717) is 56.4 Å².